The Morgan fingerprint density at radius 3 is 2.22 bits per heavy atom. The van der Waals surface area contributed by atoms with Crippen LogP contribution in [0.2, 0.25) is 0 Å². The lowest BCUT2D eigenvalue weighted by atomic mass is 10.0. The maximum atomic E-state index is 12.4. The SMILES string of the molecule is CC(C)C[C@H](NC(=O)OC(C)(C)C)C(=O)NNC(=O)OCC(=O)NCCc1ccccc1. The molecule has 0 aliphatic heterocycles. The van der Waals surface area contributed by atoms with Crippen LogP contribution in [0.15, 0.2) is 30.3 Å². The fourth-order valence-electron chi connectivity index (χ4n) is 2.56. The van der Waals surface area contributed by atoms with Crippen LogP contribution < -0.4 is 21.5 Å². The van der Waals surface area contributed by atoms with E-state index in [1.54, 1.807) is 20.8 Å². The standard InChI is InChI=1S/C22H34N4O6/c1-15(2)13-17(24-20(29)32-22(3,4)5)19(28)25-26-21(30)31-14-18(27)23-12-11-16-9-7-6-8-10-16/h6-10,15,17H,11-14H2,1-5H3,(H,23,27)(H,24,29)(H,25,28)(H,26,30)/t17-/m0/s1. The van der Waals surface area contributed by atoms with E-state index in [1.165, 1.54) is 0 Å². The van der Waals surface area contributed by atoms with Crippen LogP contribution in [0.4, 0.5) is 9.59 Å². The number of hydrazine groups is 1. The molecule has 0 saturated heterocycles. The normalized spacial score (nSPS) is 11.8. The topological polar surface area (TPSA) is 135 Å². The van der Waals surface area contributed by atoms with E-state index in [2.05, 4.69) is 21.5 Å². The number of ether oxygens (including phenoxy) is 2. The summed E-state index contributed by atoms with van der Waals surface area (Å²) < 4.78 is 9.94. The second-order valence-corrected chi connectivity index (χ2v) is 8.60. The first-order valence-corrected chi connectivity index (χ1v) is 10.5. The van der Waals surface area contributed by atoms with E-state index in [9.17, 15) is 19.2 Å². The van der Waals surface area contributed by atoms with Gasteiger partial charge in [-0.2, -0.15) is 0 Å². The lowest BCUT2D eigenvalue weighted by Crippen LogP contribution is -2.53. The molecule has 1 aromatic rings. The molecular weight excluding hydrogens is 416 g/mol. The molecule has 1 rings (SSSR count). The first-order valence-electron chi connectivity index (χ1n) is 10.5. The quantitative estimate of drug-likeness (QED) is 0.425. The summed E-state index contributed by atoms with van der Waals surface area (Å²) in [6.45, 7) is 8.79. The Balaban J connectivity index is 2.36. The maximum Gasteiger partial charge on any atom is 0.426 e. The van der Waals surface area contributed by atoms with Gasteiger partial charge in [-0.15, -0.1) is 0 Å². The third kappa shape index (κ3) is 12.4. The number of benzene rings is 1. The van der Waals surface area contributed by atoms with E-state index in [0.717, 1.165) is 5.56 Å². The summed E-state index contributed by atoms with van der Waals surface area (Å²) in [7, 11) is 0. The molecule has 4 amide bonds. The minimum absolute atomic E-state index is 0.0900. The molecule has 1 atom stereocenters. The van der Waals surface area contributed by atoms with E-state index in [-0.39, 0.29) is 5.92 Å². The van der Waals surface area contributed by atoms with Crippen LogP contribution in [0.5, 0.6) is 0 Å². The van der Waals surface area contributed by atoms with Gasteiger partial charge in [-0.05, 0) is 45.1 Å². The summed E-state index contributed by atoms with van der Waals surface area (Å²) >= 11 is 0. The number of amides is 4. The summed E-state index contributed by atoms with van der Waals surface area (Å²) in [4.78, 5) is 47.9. The Labute approximate surface area is 188 Å². The zero-order chi connectivity index (χ0) is 24.1. The van der Waals surface area contributed by atoms with Gasteiger partial charge in [0.1, 0.15) is 11.6 Å². The number of hydrogen-bond acceptors (Lipinski definition) is 6. The Morgan fingerprint density at radius 2 is 1.62 bits per heavy atom. The van der Waals surface area contributed by atoms with Crippen molar-refractivity contribution in [2.75, 3.05) is 13.2 Å². The molecule has 0 spiro atoms. The Bertz CT molecular complexity index is 761. The smallest absolute Gasteiger partial charge is 0.426 e. The van der Waals surface area contributed by atoms with Crippen LogP contribution in [0.1, 0.15) is 46.6 Å². The van der Waals surface area contributed by atoms with Crippen molar-refractivity contribution in [2.45, 2.75) is 59.1 Å². The zero-order valence-electron chi connectivity index (χ0n) is 19.3. The summed E-state index contributed by atoms with van der Waals surface area (Å²) in [5.41, 5.74) is 4.60. The minimum Gasteiger partial charge on any atom is -0.444 e. The molecule has 0 heterocycles. The molecule has 0 aliphatic rings. The van der Waals surface area contributed by atoms with Crippen molar-refractivity contribution in [3.05, 3.63) is 35.9 Å². The monoisotopic (exact) mass is 450 g/mol. The van der Waals surface area contributed by atoms with Gasteiger partial charge in [-0.25, -0.2) is 15.0 Å². The van der Waals surface area contributed by atoms with Gasteiger partial charge >= 0.3 is 12.2 Å². The first-order chi connectivity index (χ1) is 15.0. The van der Waals surface area contributed by atoms with Crippen molar-refractivity contribution in [3.8, 4) is 0 Å². The average molecular weight is 451 g/mol. The van der Waals surface area contributed by atoms with Crippen LogP contribution in [0, 0.1) is 5.92 Å². The molecule has 32 heavy (non-hydrogen) atoms. The number of nitrogens with one attached hydrogen (secondary N) is 4. The summed E-state index contributed by atoms with van der Waals surface area (Å²) in [6, 6.07) is 8.70. The molecule has 178 valence electrons. The second kappa shape index (κ2) is 13.2. The highest BCUT2D eigenvalue weighted by atomic mass is 16.6. The lowest BCUT2D eigenvalue weighted by molar-refractivity contribution is -0.124. The molecule has 0 fully saturated rings. The van der Waals surface area contributed by atoms with Gasteiger partial charge in [0, 0.05) is 6.54 Å². The molecular formula is C22H34N4O6. The number of alkyl carbamates (subject to hydrolysis) is 1. The highest BCUT2D eigenvalue weighted by molar-refractivity contribution is 5.87. The van der Waals surface area contributed by atoms with Crippen molar-refractivity contribution in [1.29, 1.82) is 0 Å². The van der Waals surface area contributed by atoms with Gasteiger partial charge in [-0.1, -0.05) is 44.2 Å². The van der Waals surface area contributed by atoms with Crippen LogP contribution in [0.3, 0.4) is 0 Å². The molecule has 0 saturated carbocycles. The first kappa shape index (κ1) is 26.7. The predicted molar refractivity (Wildman–Crippen MR) is 118 cm³/mol. The fraction of sp³-hybridized carbons (Fsp3) is 0.545. The van der Waals surface area contributed by atoms with Gasteiger partial charge in [0.15, 0.2) is 6.61 Å². The molecule has 0 unspecified atom stereocenters. The van der Waals surface area contributed by atoms with Gasteiger partial charge in [0.05, 0.1) is 0 Å². The molecule has 1 aromatic carbocycles. The molecule has 4 N–H and O–H groups in total. The fourth-order valence-corrected chi connectivity index (χ4v) is 2.56. The Kier molecular flexibility index (Phi) is 11.0. The molecule has 10 nitrogen and oxygen atoms in total. The average Bonchev–Trinajstić information content (AvgIpc) is 2.69. The predicted octanol–water partition coefficient (Wildman–Crippen LogP) is 2.04. The van der Waals surface area contributed by atoms with Gasteiger partial charge in [0.2, 0.25) is 0 Å². The largest absolute Gasteiger partial charge is 0.444 e. The summed E-state index contributed by atoms with van der Waals surface area (Å²) in [5.74, 6) is -1.02. The molecule has 0 bridgehead atoms. The van der Waals surface area contributed by atoms with Gasteiger partial charge < -0.3 is 20.1 Å². The molecule has 0 radical (unpaired) electrons. The van der Waals surface area contributed by atoms with Crippen molar-refractivity contribution in [3.63, 3.8) is 0 Å². The van der Waals surface area contributed by atoms with Crippen molar-refractivity contribution >= 4 is 24.0 Å². The third-order valence-corrected chi connectivity index (χ3v) is 3.92. The summed E-state index contributed by atoms with van der Waals surface area (Å²) in [5, 5.41) is 5.12. The number of rotatable bonds is 9. The van der Waals surface area contributed by atoms with Crippen LogP contribution in [-0.2, 0) is 25.5 Å². The van der Waals surface area contributed by atoms with Gasteiger partial charge in [-0.3, -0.25) is 15.0 Å². The van der Waals surface area contributed by atoms with E-state index in [4.69, 9.17) is 9.47 Å². The highest BCUT2D eigenvalue weighted by Crippen LogP contribution is 2.09. The van der Waals surface area contributed by atoms with Gasteiger partial charge in [0.25, 0.3) is 11.8 Å². The zero-order valence-corrected chi connectivity index (χ0v) is 19.3. The molecule has 10 heteroatoms. The highest BCUT2D eigenvalue weighted by Gasteiger charge is 2.25. The lowest BCUT2D eigenvalue weighted by Gasteiger charge is -2.24. The van der Waals surface area contributed by atoms with Crippen molar-refractivity contribution in [1.82, 2.24) is 21.5 Å². The molecule has 0 aliphatic carbocycles. The number of carbonyl (C=O) groups is 4. The Hall–Kier alpha value is -3.30. The van der Waals surface area contributed by atoms with E-state index in [1.807, 2.05) is 44.2 Å². The minimum atomic E-state index is -1.00. The van der Waals surface area contributed by atoms with Crippen molar-refractivity contribution < 1.29 is 28.7 Å². The van der Waals surface area contributed by atoms with Crippen LogP contribution in [-0.4, -0.2) is 48.8 Å². The molecule has 0 aromatic heterocycles. The number of hydrogen-bond donors (Lipinski definition) is 4. The second-order valence-electron chi connectivity index (χ2n) is 8.60. The number of carbonyl (C=O) groups excluding carboxylic acids is 4. The third-order valence-electron chi connectivity index (χ3n) is 3.92. The van der Waals surface area contributed by atoms with E-state index < -0.39 is 42.3 Å². The van der Waals surface area contributed by atoms with E-state index >= 15 is 0 Å². The maximum absolute atomic E-state index is 12.4. The van der Waals surface area contributed by atoms with Crippen LogP contribution in [0.25, 0.3) is 0 Å². The van der Waals surface area contributed by atoms with Crippen molar-refractivity contribution in [2.24, 2.45) is 5.92 Å². The Morgan fingerprint density at radius 1 is 0.969 bits per heavy atom. The van der Waals surface area contributed by atoms with E-state index in [0.29, 0.717) is 19.4 Å². The summed E-state index contributed by atoms with van der Waals surface area (Å²) in [6.07, 6.45) is -0.771. The van der Waals surface area contributed by atoms with Crippen LogP contribution >= 0.6 is 0 Å².